The number of benzene rings is 1. The highest BCUT2D eigenvalue weighted by atomic mass is 32.1. The van der Waals surface area contributed by atoms with Gasteiger partial charge in [-0.15, -0.1) is 11.3 Å². The summed E-state index contributed by atoms with van der Waals surface area (Å²) in [4.78, 5) is 25.3. The van der Waals surface area contributed by atoms with Gasteiger partial charge in [-0.1, -0.05) is 50.2 Å². The third kappa shape index (κ3) is 6.81. The monoisotopic (exact) mass is 388 g/mol. The third-order valence-corrected chi connectivity index (χ3v) is 5.11. The third-order valence-electron chi connectivity index (χ3n) is 4.24. The fraction of sp³-hybridized carbons (Fsp3) is 0.429. The van der Waals surface area contributed by atoms with E-state index in [4.69, 9.17) is 4.74 Å². The fourth-order valence-electron chi connectivity index (χ4n) is 2.63. The molecule has 0 saturated carbocycles. The van der Waals surface area contributed by atoms with Crippen molar-refractivity contribution in [3.8, 4) is 0 Å². The van der Waals surface area contributed by atoms with Crippen LogP contribution in [0.15, 0.2) is 47.8 Å². The molecule has 1 aromatic carbocycles. The van der Waals surface area contributed by atoms with E-state index >= 15 is 0 Å². The van der Waals surface area contributed by atoms with Gasteiger partial charge >= 0.3 is 0 Å². The second-order valence-electron chi connectivity index (χ2n) is 6.74. The molecule has 1 aromatic heterocycles. The zero-order valence-corrected chi connectivity index (χ0v) is 16.9. The first-order chi connectivity index (χ1) is 13.0. The molecule has 6 heteroatoms. The lowest BCUT2D eigenvalue weighted by Gasteiger charge is -2.21. The van der Waals surface area contributed by atoms with E-state index in [0.29, 0.717) is 24.4 Å². The largest absolute Gasteiger partial charge is 0.374 e. The molecule has 2 rings (SSSR count). The van der Waals surface area contributed by atoms with Crippen LogP contribution in [0.25, 0.3) is 0 Å². The SMILES string of the molecule is CC(OCCCNC(=O)C(NC(=O)c1cccs1)C(C)C)c1ccccc1. The lowest BCUT2D eigenvalue weighted by molar-refractivity contribution is -0.124. The number of thiophene rings is 1. The van der Waals surface area contributed by atoms with Crippen LogP contribution in [0.2, 0.25) is 0 Å². The summed E-state index contributed by atoms with van der Waals surface area (Å²) in [6, 6.07) is 13.1. The molecular formula is C21H28N2O3S. The fourth-order valence-corrected chi connectivity index (χ4v) is 3.26. The van der Waals surface area contributed by atoms with Crippen LogP contribution in [0.5, 0.6) is 0 Å². The van der Waals surface area contributed by atoms with E-state index in [-0.39, 0.29) is 23.8 Å². The van der Waals surface area contributed by atoms with Gasteiger partial charge in [-0.2, -0.15) is 0 Å². The van der Waals surface area contributed by atoms with Gasteiger partial charge in [0.25, 0.3) is 5.91 Å². The van der Waals surface area contributed by atoms with Gasteiger partial charge in [0.05, 0.1) is 11.0 Å². The Hall–Kier alpha value is -2.18. The number of ether oxygens (including phenoxy) is 1. The maximum atomic E-state index is 12.4. The van der Waals surface area contributed by atoms with Crippen molar-refractivity contribution in [2.45, 2.75) is 39.3 Å². The number of nitrogens with one attached hydrogen (secondary N) is 2. The lowest BCUT2D eigenvalue weighted by Crippen LogP contribution is -2.49. The predicted molar refractivity (Wildman–Crippen MR) is 109 cm³/mol. The van der Waals surface area contributed by atoms with E-state index in [1.165, 1.54) is 11.3 Å². The van der Waals surface area contributed by atoms with E-state index in [2.05, 4.69) is 10.6 Å². The van der Waals surface area contributed by atoms with Crippen LogP contribution < -0.4 is 10.6 Å². The molecule has 0 aliphatic rings. The zero-order valence-electron chi connectivity index (χ0n) is 16.1. The average Bonchev–Trinajstić information content (AvgIpc) is 3.20. The van der Waals surface area contributed by atoms with Gasteiger partial charge in [0.1, 0.15) is 6.04 Å². The van der Waals surface area contributed by atoms with Gasteiger partial charge < -0.3 is 15.4 Å². The highest BCUT2D eigenvalue weighted by Crippen LogP contribution is 2.15. The van der Waals surface area contributed by atoms with Crippen molar-refractivity contribution in [3.63, 3.8) is 0 Å². The molecule has 0 spiro atoms. The first kappa shape index (κ1) is 21.1. The van der Waals surface area contributed by atoms with Crippen LogP contribution >= 0.6 is 11.3 Å². The van der Waals surface area contributed by atoms with Gasteiger partial charge in [-0.25, -0.2) is 0 Å². The van der Waals surface area contributed by atoms with Gasteiger partial charge in [0, 0.05) is 13.2 Å². The van der Waals surface area contributed by atoms with Crippen LogP contribution in [0.1, 0.15) is 48.5 Å². The Labute approximate surface area is 165 Å². The van der Waals surface area contributed by atoms with Crippen molar-refractivity contribution >= 4 is 23.2 Å². The average molecular weight is 389 g/mol. The maximum Gasteiger partial charge on any atom is 0.262 e. The second kappa shape index (κ2) is 10.8. The summed E-state index contributed by atoms with van der Waals surface area (Å²) in [5, 5.41) is 7.57. The summed E-state index contributed by atoms with van der Waals surface area (Å²) in [5.41, 5.74) is 1.14. The molecule has 0 aliphatic carbocycles. The molecule has 2 amide bonds. The lowest BCUT2D eigenvalue weighted by atomic mass is 10.0. The normalized spacial score (nSPS) is 13.2. The summed E-state index contributed by atoms with van der Waals surface area (Å²) in [6.45, 7) is 6.93. The Morgan fingerprint density at radius 1 is 1.07 bits per heavy atom. The van der Waals surface area contributed by atoms with E-state index < -0.39 is 6.04 Å². The minimum Gasteiger partial charge on any atom is -0.374 e. The van der Waals surface area contributed by atoms with Crippen molar-refractivity contribution in [2.24, 2.45) is 5.92 Å². The maximum absolute atomic E-state index is 12.4. The highest BCUT2D eigenvalue weighted by molar-refractivity contribution is 7.12. The number of rotatable bonds is 10. The number of hydrogen-bond acceptors (Lipinski definition) is 4. The number of carbonyl (C=O) groups excluding carboxylic acids is 2. The molecule has 0 fully saturated rings. The van der Waals surface area contributed by atoms with Crippen LogP contribution in [-0.4, -0.2) is 31.0 Å². The standard InChI is InChI=1S/C21H28N2O3S/c1-15(2)19(23-20(24)18-11-7-14-27-18)21(25)22-12-8-13-26-16(3)17-9-5-4-6-10-17/h4-7,9-11,14-16,19H,8,12-13H2,1-3H3,(H,22,25)(H,23,24). The first-order valence-corrected chi connectivity index (χ1v) is 10.2. The van der Waals surface area contributed by atoms with E-state index in [9.17, 15) is 9.59 Å². The molecule has 1 heterocycles. The first-order valence-electron chi connectivity index (χ1n) is 9.27. The smallest absolute Gasteiger partial charge is 0.262 e. The number of amides is 2. The minimum absolute atomic E-state index is 0.00302. The van der Waals surface area contributed by atoms with Crippen LogP contribution in [0, 0.1) is 5.92 Å². The molecule has 2 aromatic rings. The molecule has 0 bridgehead atoms. The van der Waals surface area contributed by atoms with Crippen molar-refractivity contribution in [2.75, 3.05) is 13.2 Å². The van der Waals surface area contributed by atoms with Gasteiger partial charge in [-0.3, -0.25) is 9.59 Å². The molecule has 2 atom stereocenters. The van der Waals surface area contributed by atoms with Gasteiger partial charge in [0.2, 0.25) is 5.91 Å². The van der Waals surface area contributed by atoms with Crippen molar-refractivity contribution in [1.82, 2.24) is 10.6 Å². The van der Waals surface area contributed by atoms with E-state index in [1.807, 2.05) is 62.5 Å². The Kier molecular flexibility index (Phi) is 8.48. The Balaban J connectivity index is 1.71. The Morgan fingerprint density at radius 2 is 1.81 bits per heavy atom. The van der Waals surface area contributed by atoms with Crippen LogP contribution in [0.3, 0.4) is 0 Å². The van der Waals surface area contributed by atoms with Crippen LogP contribution in [0.4, 0.5) is 0 Å². The van der Waals surface area contributed by atoms with E-state index in [1.54, 1.807) is 6.07 Å². The summed E-state index contributed by atoms with van der Waals surface area (Å²) in [5.74, 6) is -0.367. The van der Waals surface area contributed by atoms with Crippen molar-refractivity contribution < 1.29 is 14.3 Å². The molecule has 0 radical (unpaired) electrons. The number of hydrogen-bond donors (Lipinski definition) is 2. The van der Waals surface area contributed by atoms with Crippen LogP contribution in [-0.2, 0) is 9.53 Å². The van der Waals surface area contributed by atoms with Crippen molar-refractivity contribution in [1.29, 1.82) is 0 Å². The number of carbonyl (C=O) groups is 2. The van der Waals surface area contributed by atoms with Gasteiger partial charge in [0.15, 0.2) is 0 Å². The molecule has 27 heavy (non-hydrogen) atoms. The molecule has 2 N–H and O–H groups in total. The minimum atomic E-state index is -0.552. The molecule has 0 aliphatic heterocycles. The molecule has 2 unspecified atom stereocenters. The molecule has 0 saturated heterocycles. The Bertz CT molecular complexity index is 701. The predicted octanol–water partition coefficient (Wildman–Crippen LogP) is 3.79. The second-order valence-corrected chi connectivity index (χ2v) is 7.69. The topological polar surface area (TPSA) is 67.4 Å². The van der Waals surface area contributed by atoms with Gasteiger partial charge in [-0.05, 0) is 36.3 Å². The van der Waals surface area contributed by atoms with E-state index in [0.717, 1.165) is 5.56 Å². The quantitative estimate of drug-likeness (QED) is 0.609. The molecule has 5 nitrogen and oxygen atoms in total. The highest BCUT2D eigenvalue weighted by Gasteiger charge is 2.24. The molecule has 146 valence electrons. The molecular weight excluding hydrogens is 360 g/mol. The summed E-state index contributed by atoms with van der Waals surface area (Å²) in [7, 11) is 0. The summed E-state index contributed by atoms with van der Waals surface area (Å²) in [6.07, 6.45) is 0.738. The summed E-state index contributed by atoms with van der Waals surface area (Å²) < 4.78 is 5.81. The summed E-state index contributed by atoms with van der Waals surface area (Å²) >= 11 is 1.36. The Morgan fingerprint density at radius 3 is 2.44 bits per heavy atom. The van der Waals surface area contributed by atoms with Crippen molar-refractivity contribution in [3.05, 3.63) is 58.3 Å². The zero-order chi connectivity index (χ0) is 19.6.